The number of hydrogen-bond acceptors (Lipinski definition) is 2. The first-order chi connectivity index (χ1) is 8.22. The van der Waals surface area contributed by atoms with Gasteiger partial charge in [-0.15, -0.1) is 0 Å². The standard InChI is InChI=1S/C15H22O2/c1-11-10-13(8-9-14(11)17-2)15(16)12-6-4-3-5-7-12/h8-10,12,15-16H,3-7H2,1-2H3. The Kier molecular flexibility index (Phi) is 4.06. The van der Waals surface area contributed by atoms with Crippen LogP contribution in [0.1, 0.15) is 49.3 Å². The van der Waals surface area contributed by atoms with E-state index in [4.69, 9.17) is 4.74 Å². The molecule has 0 heterocycles. The van der Waals surface area contributed by atoms with Crippen LogP contribution in [-0.2, 0) is 0 Å². The summed E-state index contributed by atoms with van der Waals surface area (Å²) in [7, 11) is 1.68. The molecule has 2 nitrogen and oxygen atoms in total. The predicted octanol–water partition coefficient (Wildman–Crippen LogP) is 3.62. The first-order valence-corrected chi connectivity index (χ1v) is 6.55. The van der Waals surface area contributed by atoms with E-state index in [2.05, 4.69) is 6.07 Å². The Hall–Kier alpha value is -1.02. The molecule has 0 saturated heterocycles. The van der Waals surface area contributed by atoms with Crippen LogP contribution >= 0.6 is 0 Å². The van der Waals surface area contributed by atoms with Gasteiger partial charge in [-0.3, -0.25) is 0 Å². The summed E-state index contributed by atoms with van der Waals surface area (Å²) in [6.07, 6.45) is 5.86. The van der Waals surface area contributed by atoms with E-state index in [9.17, 15) is 5.11 Å². The third kappa shape index (κ3) is 2.81. The highest BCUT2D eigenvalue weighted by Crippen LogP contribution is 2.35. The highest BCUT2D eigenvalue weighted by molar-refractivity contribution is 5.37. The van der Waals surface area contributed by atoms with Crippen molar-refractivity contribution in [1.82, 2.24) is 0 Å². The van der Waals surface area contributed by atoms with Crippen LogP contribution in [0.4, 0.5) is 0 Å². The molecule has 0 spiro atoms. The van der Waals surface area contributed by atoms with Crippen molar-refractivity contribution in [2.24, 2.45) is 5.92 Å². The van der Waals surface area contributed by atoms with Crippen LogP contribution in [0, 0.1) is 12.8 Å². The summed E-state index contributed by atoms with van der Waals surface area (Å²) in [5.74, 6) is 1.33. The molecule has 0 aromatic heterocycles. The van der Waals surface area contributed by atoms with Crippen LogP contribution in [0.3, 0.4) is 0 Å². The molecule has 0 bridgehead atoms. The molecule has 1 aliphatic carbocycles. The number of rotatable bonds is 3. The van der Waals surface area contributed by atoms with Crippen LogP contribution in [-0.4, -0.2) is 12.2 Å². The van der Waals surface area contributed by atoms with Gasteiger partial charge in [0.2, 0.25) is 0 Å². The van der Waals surface area contributed by atoms with Gasteiger partial charge in [0.25, 0.3) is 0 Å². The fraction of sp³-hybridized carbons (Fsp3) is 0.600. The maximum Gasteiger partial charge on any atom is 0.121 e. The Morgan fingerprint density at radius 1 is 1.24 bits per heavy atom. The number of hydrogen-bond donors (Lipinski definition) is 1. The molecular weight excluding hydrogens is 212 g/mol. The SMILES string of the molecule is COc1ccc(C(O)C2CCCCC2)cc1C. The fourth-order valence-electron chi connectivity index (χ4n) is 2.81. The molecule has 94 valence electrons. The first kappa shape index (κ1) is 12.4. The second-order valence-electron chi connectivity index (χ2n) is 5.07. The maximum absolute atomic E-state index is 10.4. The lowest BCUT2D eigenvalue weighted by atomic mass is 9.82. The van der Waals surface area contributed by atoms with Crippen molar-refractivity contribution < 1.29 is 9.84 Å². The highest BCUT2D eigenvalue weighted by atomic mass is 16.5. The zero-order chi connectivity index (χ0) is 12.3. The van der Waals surface area contributed by atoms with E-state index < -0.39 is 0 Å². The van der Waals surface area contributed by atoms with Gasteiger partial charge in [-0.05, 0) is 48.9 Å². The zero-order valence-electron chi connectivity index (χ0n) is 10.8. The van der Waals surface area contributed by atoms with Crippen LogP contribution < -0.4 is 4.74 Å². The molecule has 17 heavy (non-hydrogen) atoms. The molecule has 2 heteroatoms. The molecule has 1 aliphatic rings. The van der Waals surface area contributed by atoms with Crippen LogP contribution in [0.25, 0.3) is 0 Å². The maximum atomic E-state index is 10.4. The Bertz CT molecular complexity index is 367. The van der Waals surface area contributed by atoms with Gasteiger partial charge in [0, 0.05) is 0 Å². The molecule has 1 unspecified atom stereocenters. The molecule has 0 amide bonds. The monoisotopic (exact) mass is 234 g/mol. The minimum Gasteiger partial charge on any atom is -0.496 e. The molecule has 1 aromatic rings. The summed E-state index contributed by atoms with van der Waals surface area (Å²) in [6, 6.07) is 6.00. The van der Waals surface area contributed by atoms with Gasteiger partial charge in [-0.2, -0.15) is 0 Å². The number of methoxy groups -OCH3 is 1. The van der Waals surface area contributed by atoms with Crippen molar-refractivity contribution in [3.8, 4) is 5.75 Å². The van der Waals surface area contributed by atoms with Crippen molar-refractivity contribution in [3.63, 3.8) is 0 Å². The number of benzene rings is 1. The van der Waals surface area contributed by atoms with Crippen molar-refractivity contribution in [1.29, 1.82) is 0 Å². The quantitative estimate of drug-likeness (QED) is 0.865. The lowest BCUT2D eigenvalue weighted by Gasteiger charge is -2.27. The summed E-state index contributed by atoms with van der Waals surface area (Å²) in [5.41, 5.74) is 2.13. The number of aryl methyl sites for hydroxylation is 1. The summed E-state index contributed by atoms with van der Waals surface area (Å²) in [4.78, 5) is 0. The molecule has 1 atom stereocenters. The van der Waals surface area contributed by atoms with E-state index in [1.54, 1.807) is 7.11 Å². The predicted molar refractivity (Wildman–Crippen MR) is 69.3 cm³/mol. The van der Waals surface area contributed by atoms with E-state index in [1.807, 2.05) is 19.1 Å². The fourth-order valence-corrected chi connectivity index (χ4v) is 2.81. The van der Waals surface area contributed by atoms with Gasteiger partial charge in [-0.1, -0.05) is 25.3 Å². The van der Waals surface area contributed by atoms with E-state index in [1.165, 1.54) is 19.3 Å². The first-order valence-electron chi connectivity index (χ1n) is 6.55. The number of ether oxygens (including phenoxy) is 1. The molecule has 0 radical (unpaired) electrons. The van der Waals surface area contributed by atoms with Crippen molar-refractivity contribution >= 4 is 0 Å². The summed E-state index contributed by atoms with van der Waals surface area (Å²) in [6.45, 7) is 2.02. The molecular formula is C15H22O2. The van der Waals surface area contributed by atoms with Gasteiger partial charge < -0.3 is 9.84 Å². The second-order valence-corrected chi connectivity index (χ2v) is 5.07. The second kappa shape index (κ2) is 5.54. The van der Waals surface area contributed by atoms with Gasteiger partial charge in [-0.25, -0.2) is 0 Å². The average molecular weight is 234 g/mol. The summed E-state index contributed by atoms with van der Waals surface area (Å²) in [5, 5.41) is 10.4. The van der Waals surface area contributed by atoms with Gasteiger partial charge >= 0.3 is 0 Å². The lowest BCUT2D eigenvalue weighted by Crippen LogP contribution is -2.16. The molecule has 0 aliphatic heterocycles. The van der Waals surface area contributed by atoms with E-state index >= 15 is 0 Å². The largest absolute Gasteiger partial charge is 0.496 e. The van der Waals surface area contributed by atoms with Gasteiger partial charge in [0.15, 0.2) is 0 Å². The Balaban J connectivity index is 2.12. The van der Waals surface area contributed by atoms with E-state index in [0.717, 1.165) is 29.7 Å². The van der Waals surface area contributed by atoms with E-state index in [0.29, 0.717) is 5.92 Å². The van der Waals surface area contributed by atoms with Gasteiger partial charge in [0.1, 0.15) is 5.75 Å². The molecule has 2 rings (SSSR count). The Labute approximate surface area is 104 Å². The normalized spacial score (nSPS) is 19.0. The van der Waals surface area contributed by atoms with Crippen molar-refractivity contribution in [2.45, 2.75) is 45.1 Å². The zero-order valence-corrected chi connectivity index (χ0v) is 10.8. The average Bonchev–Trinajstić information content (AvgIpc) is 2.39. The molecule has 1 N–H and O–H groups in total. The number of aliphatic hydroxyl groups excluding tert-OH is 1. The van der Waals surface area contributed by atoms with Crippen LogP contribution in [0.2, 0.25) is 0 Å². The van der Waals surface area contributed by atoms with Crippen molar-refractivity contribution in [3.05, 3.63) is 29.3 Å². The summed E-state index contributed by atoms with van der Waals surface area (Å²) < 4.78 is 5.24. The third-order valence-corrected chi connectivity index (χ3v) is 3.86. The minimum atomic E-state index is -0.306. The minimum absolute atomic E-state index is 0.306. The Morgan fingerprint density at radius 3 is 2.53 bits per heavy atom. The number of aliphatic hydroxyl groups is 1. The smallest absolute Gasteiger partial charge is 0.121 e. The summed E-state index contributed by atoms with van der Waals surface area (Å²) >= 11 is 0. The molecule has 1 saturated carbocycles. The highest BCUT2D eigenvalue weighted by Gasteiger charge is 2.23. The Morgan fingerprint density at radius 2 is 1.94 bits per heavy atom. The third-order valence-electron chi connectivity index (χ3n) is 3.86. The lowest BCUT2D eigenvalue weighted by molar-refractivity contribution is 0.0847. The topological polar surface area (TPSA) is 29.5 Å². The van der Waals surface area contributed by atoms with Gasteiger partial charge in [0.05, 0.1) is 13.2 Å². The van der Waals surface area contributed by atoms with Crippen molar-refractivity contribution in [2.75, 3.05) is 7.11 Å². The van der Waals surface area contributed by atoms with E-state index in [-0.39, 0.29) is 6.10 Å². The molecule has 1 aromatic carbocycles. The van der Waals surface area contributed by atoms with Crippen LogP contribution in [0.15, 0.2) is 18.2 Å². The molecule has 1 fully saturated rings. The van der Waals surface area contributed by atoms with Crippen LogP contribution in [0.5, 0.6) is 5.75 Å².